The summed E-state index contributed by atoms with van der Waals surface area (Å²) in [6.45, 7) is 9.70. The topological polar surface area (TPSA) is 68.5 Å². The van der Waals surface area contributed by atoms with Gasteiger partial charge in [-0.05, 0) is 33.7 Å². The molecule has 6 nitrogen and oxygen atoms in total. The largest absolute Gasteiger partial charge is 0.313 e. The van der Waals surface area contributed by atoms with Crippen molar-refractivity contribution in [3.8, 4) is 5.95 Å². The number of hydrogen-bond donors (Lipinski definition) is 1. The quantitative estimate of drug-likeness (QED) is 0.825. The molecule has 0 aromatic carbocycles. The van der Waals surface area contributed by atoms with Gasteiger partial charge in [-0.3, -0.25) is 0 Å². The second-order valence-electron chi connectivity index (χ2n) is 4.58. The number of nitrogens with one attached hydrogen (secondary N) is 1. The molecule has 0 unspecified atom stereocenters. The third-order valence-corrected chi connectivity index (χ3v) is 2.87. The zero-order valence-corrected chi connectivity index (χ0v) is 11.9. The summed E-state index contributed by atoms with van der Waals surface area (Å²) < 4.78 is 1.67. The van der Waals surface area contributed by atoms with E-state index in [1.807, 2.05) is 27.0 Å². The maximum atomic E-state index is 4.51. The molecule has 0 atom stereocenters. The first-order chi connectivity index (χ1) is 9.11. The maximum Gasteiger partial charge on any atom is 0.252 e. The highest BCUT2D eigenvalue weighted by Gasteiger charge is 2.09. The monoisotopic (exact) mass is 260 g/mol. The molecule has 2 rings (SSSR count). The Balaban J connectivity index is 2.21. The summed E-state index contributed by atoms with van der Waals surface area (Å²) in [4.78, 5) is 13.1. The molecule has 0 aliphatic heterocycles. The van der Waals surface area contributed by atoms with Crippen LogP contribution in [0.1, 0.15) is 36.3 Å². The Bertz CT molecular complexity index is 560. The van der Waals surface area contributed by atoms with Crippen molar-refractivity contribution in [1.29, 1.82) is 0 Å². The summed E-state index contributed by atoms with van der Waals surface area (Å²) in [5.41, 5.74) is 2.09. The number of aromatic nitrogens is 5. The van der Waals surface area contributed by atoms with Crippen LogP contribution in [0.25, 0.3) is 5.95 Å². The molecular formula is C13H20N6. The lowest BCUT2D eigenvalue weighted by atomic mass is 10.2. The lowest BCUT2D eigenvalue weighted by Gasteiger charge is -2.08. The van der Waals surface area contributed by atoms with Gasteiger partial charge in [0.2, 0.25) is 0 Å². The molecule has 0 fully saturated rings. The van der Waals surface area contributed by atoms with Crippen molar-refractivity contribution in [3.63, 3.8) is 0 Å². The van der Waals surface area contributed by atoms with Crippen LogP contribution in [0.2, 0.25) is 0 Å². The van der Waals surface area contributed by atoms with Gasteiger partial charge in [0, 0.05) is 24.0 Å². The molecule has 0 radical (unpaired) electrons. The van der Waals surface area contributed by atoms with Crippen LogP contribution in [0, 0.1) is 20.8 Å². The summed E-state index contributed by atoms with van der Waals surface area (Å²) in [6.07, 6.45) is 2.98. The lowest BCUT2D eigenvalue weighted by Crippen LogP contribution is -2.16. The second-order valence-corrected chi connectivity index (χ2v) is 4.58. The SMILES string of the molecule is CCCNCc1cnc(-n2nc(C)nc2C)nc1C. The van der Waals surface area contributed by atoms with E-state index in [-0.39, 0.29) is 0 Å². The summed E-state index contributed by atoms with van der Waals surface area (Å²) >= 11 is 0. The molecule has 102 valence electrons. The highest BCUT2D eigenvalue weighted by Crippen LogP contribution is 2.08. The van der Waals surface area contributed by atoms with E-state index in [1.165, 1.54) is 0 Å². The minimum atomic E-state index is 0.579. The number of hydrogen-bond acceptors (Lipinski definition) is 5. The Kier molecular flexibility index (Phi) is 4.21. The molecule has 0 bridgehead atoms. The highest BCUT2D eigenvalue weighted by molar-refractivity contribution is 5.22. The summed E-state index contributed by atoms with van der Waals surface area (Å²) in [6, 6.07) is 0. The van der Waals surface area contributed by atoms with Crippen molar-refractivity contribution >= 4 is 0 Å². The van der Waals surface area contributed by atoms with Crippen molar-refractivity contribution in [2.75, 3.05) is 6.54 Å². The molecule has 0 saturated heterocycles. The second kappa shape index (κ2) is 5.88. The molecule has 2 heterocycles. The Morgan fingerprint density at radius 1 is 1.21 bits per heavy atom. The van der Waals surface area contributed by atoms with Crippen LogP contribution < -0.4 is 5.32 Å². The molecule has 19 heavy (non-hydrogen) atoms. The zero-order chi connectivity index (χ0) is 13.8. The Labute approximate surface area is 113 Å². The summed E-state index contributed by atoms with van der Waals surface area (Å²) in [5, 5.41) is 7.64. The van der Waals surface area contributed by atoms with Gasteiger partial charge in [0.15, 0.2) is 0 Å². The molecule has 1 N–H and O–H groups in total. The van der Waals surface area contributed by atoms with Gasteiger partial charge in [0.1, 0.15) is 11.6 Å². The normalized spacial score (nSPS) is 10.9. The number of nitrogens with zero attached hydrogens (tertiary/aromatic N) is 5. The molecular weight excluding hydrogens is 240 g/mol. The fourth-order valence-corrected chi connectivity index (χ4v) is 1.87. The van der Waals surface area contributed by atoms with Gasteiger partial charge in [0.05, 0.1) is 0 Å². The molecule has 2 aromatic rings. The molecule has 0 amide bonds. The third-order valence-electron chi connectivity index (χ3n) is 2.87. The predicted octanol–water partition coefficient (Wildman–Crippen LogP) is 1.48. The van der Waals surface area contributed by atoms with Crippen molar-refractivity contribution < 1.29 is 0 Å². The standard InChI is InChI=1S/C13H20N6/c1-5-6-14-7-12-8-15-13(16-9(12)2)19-11(4)17-10(3)18-19/h8,14H,5-7H2,1-4H3. The van der Waals surface area contributed by atoms with Crippen LogP contribution >= 0.6 is 0 Å². The van der Waals surface area contributed by atoms with Gasteiger partial charge in [-0.15, -0.1) is 5.10 Å². The van der Waals surface area contributed by atoms with Gasteiger partial charge in [-0.2, -0.15) is 4.68 Å². The van der Waals surface area contributed by atoms with E-state index in [9.17, 15) is 0 Å². The molecule has 0 aliphatic carbocycles. The first kappa shape index (κ1) is 13.6. The van der Waals surface area contributed by atoms with Crippen molar-refractivity contribution in [1.82, 2.24) is 30.0 Å². The minimum Gasteiger partial charge on any atom is -0.313 e. The Morgan fingerprint density at radius 3 is 2.58 bits per heavy atom. The molecule has 6 heteroatoms. The van der Waals surface area contributed by atoms with Crippen LogP contribution in [0.3, 0.4) is 0 Å². The van der Waals surface area contributed by atoms with E-state index in [0.717, 1.165) is 42.4 Å². The number of aryl methyl sites for hydroxylation is 3. The maximum absolute atomic E-state index is 4.51. The predicted molar refractivity (Wildman–Crippen MR) is 73.2 cm³/mol. The van der Waals surface area contributed by atoms with E-state index >= 15 is 0 Å². The van der Waals surface area contributed by atoms with E-state index in [1.54, 1.807) is 4.68 Å². The van der Waals surface area contributed by atoms with E-state index in [0.29, 0.717) is 5.95 Å². The van der Waals surface area contributed by atoms with Gasteiger partial charge in [-0.25, -0.2) is 15.0 Å². The van der Waals surface area contributed by atoms with Gasteiger partial charge in [0.25, 0.3) is 5.95 Å². The van der Waals surface area contributed by atoms with Crippen LogP contribution in [-0.4, -0.2) is 31.3 Å². The smallest absolute Gasteiger partial charge is 0.252 e. The Morgan fingerprint density at radius 2 is 2.00 bits per heavy atom. The summed E-state index contributed by atoms with van der Waals surface area (Å²) in [7, 11) is 0. The van der Waals surface area contributed by atoms with Crippen LogP contribution in [0.15, 0.2) is 6.20 Å². The molecule has 0 aliphatic rings. The van der Waals surface area contributed by atoms with Crippen molar-refractivity contribution in [2.24, 2.45) is 0 Å². The Hall–Kier alpha value is -1.82. The first-order valence-corrected chi connectivity index (χ1v) is 6.55. The van der Waals surface area contributed by atoms with Gasteiger partial charge >= 0.3 is 0 Å². The fourth-order valence-electron chi connectivity index (χ4n) is 1.87. The van der Waals surface area contributed by atoms with Gasteiger partial charge < -0.3 is 5.32 Å². The highest BCUT2D eigenvalue weighted by atomic mass is 15.4. The van der Waals surface area contributed by atoms with E-state index in [4.69, 9.17) is 0 Å². The van der Waals surface area contributed by atoms with Crippen LogP contribution in [0.5, 0.6) is 0 Å². The van der Waals surface area contributed by atoms with Crippen molar-refractivity contribution in [3.05, 3.63) is 29.1 Å². The third kappa shape index (κ3) is 3.14. The minimum absolute atomic E-state index is 0.579. The summed E-state index contributed by atoms with van der Waals surface area (Å²) in [5.74, 6) is 2.11. The zero-order valence-electron chi connectivity index (χ0n) is 11.9. The number of rotatable bonds is 5. The average Bonchev–Trinajstić information content (AvgIpc) is 2.71. The van der Waals surface area contributed by atoms with Gasteiger partial charge in [-0.1, -0.05) is 6.92 Å². The molecule has 0 spiro atoms. The lowest BCUT2D eigenvalue weighted by molar-refractivity contribution is 0.664. The van der Waals surface area contributed by atoms with E-state index < -0.39 is 0 Å². The molecule has 0 saturated carbocycles. The molecule has 2 aromatic heterocycles. The van der Waals surface area contributed by atoms with Crippen LogP contribution in [0.4, 0.5) is 0 Å². The first-order valence-electron chi connectivity index (χ1n) is 6.55. The van der Waals surface area contributed by atoms with Crippen LogP contribution in [-0.2, 0) is 6.54 Å². The van der Waals surface area contributed by atoms with E-state index in [2.05, 4.69) is 32.3 Å². The average molecular weight is 260 g/mol. The van der Waals surface area contributed by atoms with Crippen molar-refractivity contribution in [2.45, 2.75) is 40.7 Å². The fraction of sp³-hybridized carbons (Fsp3) is 0.538.